The first kappa shape index (κ1) is 17.5. The van der Waals surface area contributed by atoms with E-state index in [1.165, 1.54) is 48.8 Å². The van der Waals surface area contributed by atoms with Crippen LogP contribution in [0.15, 0.2) is 60.9 Å². The molecule has 0 saturated carbocycles. The number of hydrogen-bond donors (Lipinski definition) is 2. The molecule has 0 radical (unpaired) electrons. The lowest BCUT2D eigenvalue weighted by atomic mass is 10.1. The van der Waals surface area contributed by atoms with Crippen LogP contribution in [0.1, 0.15) is 15.9 Å². The van der Waals surface area contributed by atoms with E-state index in [-0.39, 0.29) is 17.5 Å². The third-order valence-electron chi connectivity index (χ3n) is 3.63. The van der Waals surface area contributed by atoms with Crippen molar-refractivity contribution >= 4 is 17.5 Å². The van der Waals surface area contributed by atoms with E-state index < -0.39 is 0 Å². The molecule has 0 aliphatic heterocycles. The second kappa shape index (κ2) is 8.15. The lowest BCUT2D eigenvalue weighted by Gasteiger charge is -2.07. The van der Waals surface area contributed by atoms with Gasteiger partial charge in [-0.25, -0.2) is 18.7 Å². The van der Waals surface area contributed by atoms with Gasteiger partial charge in [-0.05, 0) is 48.4 Å². The van der Waals surface area contributed by atoms with E-state index in [0.717, 1.165) is 5.56 Å². The number of hydrogen-bond acceptors (Lipinski definition) is 4. The Labute approximate surface area is 149 Å². The first-order valence-corrected chi connectivity index (χ1v) is 7.97. The standard InChI is InChI=1S/C19H16F2N4O/c20-15-3-1-13(2-4-15)9-10-22-19-23-11-14(12-24-19)18(26)25-17-7-5-16(21)6-8-17/h1-8,11-12H,9-10H2,(H,25,26)(H,22,23,24). The predicted octanol–water partition coefficient (Wildman–Crippen LogP) is 3.66. The Hall–Kier alpha value is -3.35. The van der Waals surface area contributed by atoms with Crippen LogP contribution in [-0.4, -0.2) is 22.4 Å². The van der Waals surface area contributed by atoms with Gasteiger partial charge in [-0.3, -0.25) is 4.79 Å². The smallest absolute Gasteiger partial charge is 0.258 e. The minimum Gasteiger partial charge on any atom is -0.354 e. The molecule has 7 heteroatoms. The van der Waals surface area contributed by atoms with Crippen LogP contribution >= 0.6 is 0 Å². The van der Waals surface area contributed by atoms with Crippen molar-refractivity contribution in [3.8, 4) is 0 Å². The van der Waals surface area contributed by atoms with Crippen LogP contribution in [0.3, 0.4) is 0 Å². The molecule has 0 aliphatic carbocycles. The third-order valence-corrected chi connectivity index (χ3v) is 3.63. The average Bonchev–Trinajstić information content (AvgIpc) is 2.66. The summed E-state index contributed by atoms with van der Waals surface area (Å²) >= 11 is 0. The second-order valence-corrected chi connectivity index (χ2v) is 5.56. The van der Waals surface area contributed by atoms with Gasteiger partial charge in [-0.2, -0.15) is 0 Å². The number of benzene rings is 2. The molecule has 5 nitrogen and oxygen atoms in total. The van der Waals surface area contributed by atoms with Crippen molar-refractivity contribution in [2.45, 2.75) is 6.42 Å². The lowest BCUT2D eigenvalue weighted by molar-refractivity contribution is 0.102. The highest BCUT2D eigenvalue weighted by Gasteiger charge is 2.08. The van der Waals surface area contributed by atoms with Gasteiger partial charge in [0.1, 0.15) is 11.6 Å². The molecule has 0 atom stereocenters. The number of rotatable bonds is 6. The molecule has 0 spiro atoms. The monoisotopic (exact) mass is 354 g/mol. The van der Waals surface area contributed by atoms with Gasteiger partial charge in [0.2, 0.25) is 5.95 Å². The molecule has 1 heterocycles. The maximum atomic E-state index is 12.9. The Balaban J connectivity index is 1.51. The maximum Gasteiger partial charge on any atom is 0.258 e. The summed E-state index contributed by atoms with van der Waals surface area (Å²) in [5, 5.41) is 5.68. The van der Waals surface area contributed by atoms with Crippen LogP contribution in [0.4, 0.5) is 20.4 Å². The molecule has 3 aromatic rings. The van der Waals surface area contributed by atoms with Gasteiger partial charge in [0, 0.05) is 24.6 Å². The van der Waals surface area contributed by atoms with E-state index in [0.29, 0.717) is 30.2 Å². The summed E-state index contributed by atoms with van der Waals surface area (Å²) in [4.78, 5) is 20.3. The first-order chi connectivity index (χ1) is 12.6. The van der Waals surface area contributed by atoms with Crippen LogP contribution < -0.4 is 10.6 Å². The largest absolute Gasteiger partial charge is 0.354 e. The van der Waals surface area contributed by atoms with Crippen molar-refractivity contribution < 1.29 is 13.6 Å². The van der Waals surface area contributed by atoms with Crippen LogP contribution in [0, 0.1) is 11.6 Å². The van der Waals surface area contributed by atoms with Crippen molar-refractivity contribution in [3.05, 3.63) is 83.7 Å². The van der Waals surface area contributed by atoms with Gasteiger partial charge >= 0.3 is 0 Å². The summed E-state index contributed by atoms with van der Waals surface area (Å²) in [5.74, 6) is -0.623. The van der Waals surface area contributed by atoms with Crippen LogP contribution in [0.5, 0.6) is 0 Å². The molecule has 0 fully saturated rings. The second-order valence-electron chi connectivity index (χ2n) is 5.56. The molecule has 0 saturated heterocycles. The number of halogens is 2. The SMILES string of the molecule is O=C(Nc1ccc(F)cc1)c1cnc(NCCc2ccc(F)cc2)nc1. The Morgan fingerprint density at radius 2 is 1.46 bits per heavy atom. The van der Waals surface area contributed by atoms with E-state index in [1.807, 2.05) is 0 Å². The van der Waals surface area contributed by atoms with E-state index in [9.17, 15) is 13.6 Å². The number of carbonyl (C=O) groups excluding carboxylic acids is 1. The Morgan fingerprint density at radius 3 is 2.08 bits per heavy atom. The third kappa shape index (κ3) is 4.83. The normalized spacial score (nSPS) is 10.4. The molecule has 26 heavy (non-hydrogen) atoms. The van der Waals surface area contributed by atoms with Crippen molar-refractivity contribution in [2.75, 3.05) is 17.2 Å². The summed E-state index contributed by atoms with van der Waals surface area (Å²) in [5.41, 5.74) is 1.77. The topological polar surface area (TPSA) is 66.9 Å². The number of aromatic nitrogens is 2. The quantitative estimate of drug-likeness (QED) is 0.709. The van der Waals surface area contributed by atoms with Crippen LogP contribution in [-0.2, 0) is 6.42 Å². The highest BCUT2D eigenvalue weighted by molar-refractivity contribution is 6.03. The summed E-state index contributed by atoms with van der Waals surface area (Å²) in [6.45, 7) is 0.576. The van der Waals surface area contributed by atoms with Gasteiger partial charge in [-0.15, -0.1) is 0 Å². The van der Waals surface area contributed by atoms with Gasteiger partial charge < -0.3 is 10.6 Å². The summed E-state index contributed by atoms with van der Waals surface area (Å²) in [6.07, 6.45) is 3.51. The zero-order valence-corrected chi connectivity index (χ0v) is 13.7. The summed E-state index contributed by atoms with van der Waals surface area (Å²) < 4.78 is 25.7. The molecule has 0 bridgehead atoms. The zero-order valence-electron chi connectivity index (χ0n) is 13.7. The van der Waals surface area contributed by atoms with Gasteiger partial charge in [0.05, 0.1) is 5.56 Å². The Bertz CT molecular complexity index is 866. The Morgan fingerprint density at radius 1 is 0.885 bits per heavy atom. The number of amides is 1. The molecule has 0 unspecified atom stereocenters. The minimum atomic E-state index is -0.380. The molecule has 2 N–H and O–H groups in total. The number of nitrogens with one attached hydrogen (secondary N) is 2. The van der Waals surface area contributed by atoms with Crippen molar-refractivity contribution in [1.29, 1.82) is 0 Å². The molecule has 132 valence electrons. The Kier molecular flexibility index (Phi) is 5.48. The van der Waals surface area contributed by atoms with Crippen LogP contribution in [0.2, 0.25) is 0 Å². The van der Waals surface area contributed by atoms with E-state index in [1.54, 1.807) is 12.1 Å². The minimum absolute atomic E-state index is 0.264. The van der Waals surface area contributed by atoms with Gasteiger partial charge in [0.15, 0.2) is 0 Å². The fraction of sp³-hybridized carbons (Fsp3) is 0.105. The number of anilines is 2. The number of carbonyl (C=O) groups is 1. The number of nitrogens with zero attached hydrogens (tertiary/aromatic N) is 2. The van der Waals surface area contributed by atoms with Gasteiger partial charge in [-0.1, -0.05) is 12.1 Å². The first-order valence-electron chi connectivity index (χ1n) is 7.97. The van der Waals surface area contributed by atoms with Gasteiger partial charge in [0.25, 0.3) is 5.91 Å². The average molecular weight is 354 g/mol. The molecule has 1 amide bonds. The van der Waals surface area contributed by atoms with E-state index >= 15 is 0 Å². The maximum absolute atomic E-state index is 12.9. The fourth-order valence-corrected chi connectivity index (χ4v) is 2.24. The molecular formula is C19H16F2N4O. The highest BCUT2D eigenvalue weighted by atomic mass is 19.1. The molecule has 1 aromatic heterocycles. The molecule has 2 aromatic carbocycles. The molecular weight excluding hydrogens is 338 g/mol. The highest BCUT2D eigenvalue weighted by Crippen LogP contribution is 2.10. The van der Waals surface area contributed by atoms with Crippen molar-refractivity contribution in [2.24, 2.45) is 0 Å². The van der Waals surface area contributed by atoms with Crippen LogP contribution in [0.25, 0.3) is 0 Å². The zero-order chi connectivity index (χ0) is 18.4. The predicted molar refractivity (Wildman–Crippen MR) is 95.0 cm³/mol. The lowest BCUT2D eigenvalue weighted by Crippen LogP contribution is -2.14. The molecule has 0 aliphatic rings. The summed E-state index contributed by atoms with van der Waals surface area (Å²) in [7, 11) is 0. The van der Waals surface area contributed by atoms with Crippen molar-refractivity contribution in [1.82, 2.24) is 9.97 Å². The van der Waals surface area contributed by atoms with E-state index in [4.69, 9.17) is 0 Å². The fourth-order valence-electron chi connectivity index (χ4n) is 2.24. The molecule has 3 rings (SSSR count). The van der Waals surface area contributed by atoms with E-state index in [2.05, 4.69) is 20.6 Å². The summed E-state index contributed by atoms with van der Waals surface area (Å²) in [6, 6.07) is 11.8. The van der Waals surface area contributed by atoms with Crippen molar-refractivity contribution in [3.63, 3.8) is 0 Å².